The van der Waals surface area contributed by atoms with Crippen LogP contribution in [0.5, 0.6) is 0 Å². The summed E-state index contributed by atoms with van der Waals surface area (Å²) < 4.78 is 3.68. The Bertz CT molecular complexity index is 351. The van der Waals surface area contributed by atoms with E-state index in [9.17, 15) is 0 Å². The zero-order chi connectivity index (χ0) is 8.39. The van der Waals surface area contributed by atoms with Crippen molar-refractivity contribution in [2.24, 2.45) is 0 Å². The lowest BCUT2D eigenvalue weighted by Gasteiger charge is -1.96. The maximum Gasteiger partial charge on any atom is 0.401 e. The zero-order valence-electron chi connectivity index (χ0n) is 6.88. The fourth-order valence-corrected chi connectivity index (χ4v) is 1.08. The largest absolute Gasteiger partial charge is 0.401 e. The third-order valence-corrected chi connectivity index (χ3v) is 1.61. The number of nitrogens with zero attached hydrogens (tertiary/aromatic N) is 4. The monoisotopic (exact) mass is 160 g/mol. The van der Waals surface area contributed by atoms with Gasteiger partial charge in [0.1, 0.15) is 0 Å². The molecule has 0 aliphatic heterocycles. The molecule has 2 rings (SSSR count). The Balaban J connectivity index is 2.14. The molecule has 2 heterocycles. The van der Waals surface area contributed by atoms with E-state index < -0.39 is 0 Å². The van der Waals surface area contributed by atoms with E-state index in [0.29, 0.717) is 7.55 Å². The molecule has 0 saturated carbocycles. The molecule has 0 spiro atoms. The van der Waals surface area contributed by atoms with Crippen LogP contribution in [0.15, 0.2) is 30.9 Å². The van der Waals surface area contributed by atoms with Crippen molar-refractivity contribution in [3.8, 4) is 0 Å². The Hall–Kier alpha value is -1.52. The fraction of sp³-hybridized carbons (Fsp3) is 0.143. The van der Waals surface area contributed by atoms with Crippen molar-refractivity contribution < 1.29 is 0 Å². The van der Waals surface area contributed by atoms with Crippen LogP contribution in [-0.2, 0) is 0 Å². The number of aromatic nitrogens is 4. The van der Waals surface area contributed by atoms with E-state index in [1.165, 1.54) is 5.56 Å². The first kappa shape index (κ1) is 7.15. The van der Waals surface area contributed by atoms with Crippen LogP contribution in [-0.4, -0.2) is 26.9 Å². The summed E-state index contributed by atoms with van der Waals surface area (Å²) in [6, 6.07) is 1.90. The minimum absolute atomic E-state index is 0.681. The van der Waals surface area contributed by atoms with Crippen LogP contribution >= 0.6 is 0 Å². The predicted octanol–water partition coefficient (Wildman–Crippen LogP) is 0.0509. The minimum atomic E-state index is 0.681. The van der Waals surface area contributed by atoms with Gasteiger partial charge in [-0.3, -0.25) is 9.19 Å². The lowest BCUT2D eigenvalue weighted by molar-refractivity contribution is 0.884. The SMILES string of the molecule is Cc1cnn(Bn2cccn2)c1. The fourth-order valence-electron chi connectivity index (χ4n) is 1.08. The van der Waals surface area contributed by atoms with Crippen molar-refractivity contribution >= 4 is 7.55 Å². The Morgan fingerprint density at radius 1 is 1.33 bits per heavy atom. The highest BCUT2D eigenvalue weighted by atomic mass is 15.3. The van der Waals surface area contributed by atoms with Crippen LogP contribution in [0, 0.1) is 6.92 Å². The molecule has 0 unspecified atom stereocenters. The molecule has 0 amide bonds. The van der Waals surface area contributed by atoms with Gasteiger partial charge in [-0.2, -0.15) is 10.2 Å². The Morgan fingerprint density at radius 3 is 2.83 bits per heavy atom. The molecule has 5 heteroatoms. The maximum absolute atomic E-state index is 4.15. The lowest BCUT2D eigenvalue weighted by atomic mass is 10.2. The summed E-state index contributed by atoms with van der Waals surface area (Å²) in [4.78, 5) is 0. The summed E-state index contributed by atoms with van der Waals surface area (Å²) in [6.07, 6.45) is 7.50. The van der Waals surface area contributed by atoms with E-state index in [1.54, 1.807) is 6.20 Å². The van der Waals surface area contributed by atoms with Crippen molar-refractivity contribution in [2.75, 3.05) is 0 Å². The van der Waals surface area contributed by atoms with Crippen molar-refractivity contribution in [1.29, 1.82) is 0 Å². The molecule has 0 saturated heterocycles. The Kier molecular flexibility index (Phi) is 1.70. The number of hydrogen-bond donors (Lipinski definition) is 0. The van der Waals surface area contributed by atoms with Crippen LogP contribution in [0.1, 0.15) is 5.56 Å². The second-order valence-electron chi connectivity index (χ2n) is 2.74. The second-order valence-corrected chi connectivity index (χ2v) is 2.74. The van der Waals surface area contributed by atoms with Crippen molar-refractivity contribution in [2.45, 2.75) is 6.92 Å². The molecular weight excluding hydrogens is 151 g/mol. The van der Waals surface area contributed by atoms with Crippen LogP contribution in [0.25, 0.3) is 0 Å². The third kappa shape index (κ3) is 1.39. The molecule has 0 aromatic carbocycles. The summed E-state index contributed by atoms with van der Waals surface area (Å²) in [6.45, 7) is 2.02. The van der Waals surface area contributed by atoms with E-state index in [0.717, 1.165) is 0 Å². The molecule has 0 aliphatic rings. The smallest absolute Gasteiger partial charge is 0.294 e. The third-order valence-electron chi connectivity index (χ3n) is 1.61. The van der Waals surface area contributed by atoms with Crippen molar-refractivity contribution in [3.63, 3.8) is 0 Å². The molecule has 0 bridgehead atoms. The quantitative estimate of drug-likeness (QED) is 0.582. The van der Waals surface area contributed by atoms with Gasteiger partial charge in [-0.05, 0) is 18.6 Å². The first-order valence-corrected chi connectivity index (χ1v) is 3.81. The molecule has 0 fully saturated rings. The minimum Gasteiger partial charge on any atom is -0.294 e. The topological polar surface area (TPSA) is 35.6 Å². The van der Waals surface area contributed by atoms with E-state index in [-0.39, 0.29) is 0 Å². The summed E-state index contributed by atoms with van der Waals surface area (Å²) >= 11 is 0. The van der Waals surface area contributed by atoms with Gasteiger partial charge in [-0.15, -0.1) is 0 Å². The van der Waals surface area contributed by atoms with Gasteiger partial charge in [0.05, 0.1) is 6.20 Å². The standard InChI is InChI=1S/C7H9BN4/c1-7-5-10-12(6-7)8-11-4-2-3-9-11/h2-6,8H,1H3. The predicted molar refractivity (Wildman–Crippen MR) is 47.1 cm³/mol. The maximum atomic E-state index is 4.15. The van der Waals surface area contributed by atoms with E-state index >= 15 is 0 Å². The summed E-state index contributed by atoms with van der Waals surface area (Å²) in [5.41, 5.74) is 1.17. The van der Waals surface area contributed by atoms with Crippen molar-refractivity contribution in [1.82, 2.24) is 19.4 Å². The van der Waals surface area contributed by atoms with E-state index in [1.807, 2.05) is 40.8 Å². The normalized spacial score (nSPS) is 10.1. The number of aryl methyl sites for hydroxylation is 1. The molecule has 4 nitrogen and oxygen atoms in total. The molecular formula is C7H9BN4. The van der Waals surface area contributed by atoms with Gasteiger partial charge < -0.3 is 0 Å². The van der Waals surface area contributed by atoms with E-state index in [4.69, 9.17) is 0 Å². The molecule has 0 radical (unpaired) electrons. The van der Waals surface area contributed by atoms with Gasteiger partial charge in [-0.25, -0.2) is 0 Å². The molecule has 60 valence electrons. The highest BCUT2D eigenvalue weighted by Crippen LogP contribution is 1.91. The van der Waals surface area contributed by atoms with Crippen LogP contribution in [0.2, 0.25) is 0 Å². The Morgan fingerprint density at radius 2 is 2.25 bits per heavy atom. The lowest BCUT2D eigenvalue weighted by Crippen LogP contribution is -2.17. The highest BCUT2D eigenvalue weighted by Gasteiger charge is 1.97. The van der Waals surface area contributed by atoms with Gasteiger partial charge in [0.15, 0.2) is 0 Å². The number of rotatable bonds is 2. The molecule has 12 heavy (non-hydrogen) atoms. The van der Waals surface area contributed by atoms with Gasteiger partial charge >= 0.3 is 7.55 Å². The summed E-state index contributed by atoms with van der Waals surface area (Å²) in [5.74, 6) is 0. The van der Waals surface area contributed by atoms with E-state index in [2.05, 4.69) is 10.2 Å². The molecule has 2 aromatic heterocycles. The van der Waals surface area contributed by atoms with Gasteiger partial charge in [0, 0.05) is 18.6 Å². The number of hydrogen-bond acceptors (Lipinski definition) is 2. The van der Waals surface area contributed by atoms with Crippen LogP contribution in [0.3, 0.4) is 0 Å². The van der Waals surface area contributed by atoms with Gasteiger partial charge in [-0.1, -0.05) is 0 Å². The average molecular weight is 160 g/mol. The first-order chi connectivity index (χ1) is 5.84. The molecule has 2 aromatic rings. The zero-order valence-corrected chi connectivity index (χ0v) is 6.88. The summed E-state index contributed by atoms with van der Waals surface area (Å²) in [5, 5.41) is 8.22. The summed E-state index contributed by atoms with van der Waals surface area (Å²) in [7, 11) is 0.681. The first-order valence-electron chi connectivity index (χ1n) is 3.81. The Labute approximate surface area is 71.1 Å². The molecule has 0 atom stereocenters. The highest BCUT2D eigenvalue weighted by molar-refractivity contribution is 6.30. The second kappa shape index (κ2) is 2.85. The molecule has 0 N–H and O–H groups in total. The van der Waals surface area contributed by atoms with Crippen LogP contribution < -0.4 is 0 Å². The molecule has 0 aliphatic carbocycles. The van der Waals surface area contributed by atoms with Crippen LogP contribution in [0.4, 0.5) is 0 Å². The van der Waals surface area contributed by atoms with Gasteiger partial charge in [0.25, 0.3) is 0 Å². The average Bonchev–Trinajstić information content (AvgIpc) is 2.63. The van der Waals surface area contributed by atoms with Gasteiger partial charge in [0.2, 0.25) is 0 Å². The van der Waals surface area contributed by atoms with Crippen molar-refractivity contribution in [3.05, 3.63) is 36.4 Å².